The fourth-order valence-corrected chi connectivity index (χ4v) is 11.7. The van der Waals surface area contributed by atoms with Gasteiger partial charge in [-0.3, -0.25) is 0 Å². The van der Waals surface area contributed by atoms with Gasteiger partial charge in [-0.2, -0.15) is 31.6 Å². The highest BCUT2D eigenvalue weighted by atomic mass is 14.3. The van der Waals surface area contributed by atoms with Gasteiger partial charge in [-0.15, -0.1) is 0 Å². The van der Waals surface area contributed by atoms with Crippen LogP contribution in [0, 0.1) is 139 Å². The maximum atomic E-state index is 9.75. The number of nitrogens with zero attached hydrogens (tertiary/aromatic N) is 6. The molecule has 0 heterocycles. The third-order valence-corrected chi connectivity index (χ3v) is 16.6. The first-order valence-electron chi connectivity index (χ1n) is 32.2. The van der Waals surface area contributed by atoms with E-state index in [1.807, 2.05) is 146 Å². The van der Waals surface area contributed by atoms with E-state index in [-0.39, 0.29) is 0 Å². The quantitative estimate of drug-likeness (QED) is 0.152. The topological polar surface area (TPSA) is 143 Å². The Balaban J connectivity index is 1.13. The summed E-state index contributed by atoms with van der Waals surface area (Å²) < 4.78 is 0. The van der Waals surface area contributed by atoms with E-state index in [1.165, 1.54) is 0 Å². The maximum Gasteiger partial charge on any atom is 0.0992 e. The third-order valence-electron chi connectivity index (χ3n) is 16.6. The van der Waals surface area contributed by atoms with E-state index in [9.17, 15) is 31.6 Å². The summed E-state index contributed by atoms with van der Waals surface area (Å²) in [6, 6.07) is 106. The molecule has 0 fully saturated rings. The van der Waals surface area contributed by atoms with Crippen LogP contribution in [0.4, 0.5) is 0 Å². The molecule has 0 radical (unpaired) electrons. The summed E-state index contributed by atoms with van der Waals surface area (Å²) in [6.07, 6.45) is 0. The van der Waals surface area contributed by atoms with Gasteiger partial charge in [0.05, 0.1) is 69.8 Å². The first-order valence-corrected chi connectivity index (χ1v) is 32.2. The molecule has 6 nitrogen and oxygen atoms in total. The standard InChI is InChI=1S/C96H48N6/c97-61-79-13-1-7-73(55-79)25-19-67-31-43-85(44-32-67)91-92(86-45-33-68(34-46-86)20-26-74-8-2-14-80(56-74)62-98)94(88-49-37-70(38-50-88)22-28-76-10-4-16-82(58-76)64-100)96(90-53-41-72(42-54-90)24-30-78-12-6-18-84(60-78)66-102)95(89-51-39-71(40-52-89)23-29-77-11-5-17-83(59-77)65-101)93(91)87-47-35-69(36-48-87)21-27-75-9-3-15-81(57-75)63-99/h1-18,31-60H. The second kappa shape index (κ2) is 30.7. The molecule has 0 aliphatic carbocycles. The molecular weight excluding hydrogens is 1240 g/mol. The molecule has 0 N–H and O–H groups in total. The monoisotopic (exact) mass is 1280 g/mol. The predicted octanol–water partition coefficient (Wildman–Crippen LogP) is 19.3. The maximum absolute atomic E-state index is 9.75. The second-order valence-electron chi connectivity index (χ2n) is 23.4. The second-order valence-corrected chi connectivity index (χ2v) is 23.4. The molecule has 13 rings (SSSR count). The van der Waals surface area contributed by atoms with Gasteiger partial charge >= 0.3 is 0 Å². The van der Waals surface area contributed by atoms with E-state index < -0.39 is 0 Å². The summed E-state index contributed by atoms with van der Waals surface area (Å²) in [4.78, 5) is 0. The Morgan fingerprint density at radius 3 is 0.373 bits per heavy atom. The summed E-state index contributed by atoms with van der Waals surface area (Å²) >= 11 is 0. The number of benzene rings is 13. The molecule has 0 atom stereocenters. The summed E-state index contributed by atoms with van der Waals surface area (Å²) in [7, 11) is 0. The van der Waals surface area contributed by atoms with Crippen LogP contribution in [-0.4, -0.2) is 0 Å². The molecular formula is C96H48N6. The minimum absolute atomic E-state index is 0.515. The van der Waals surface area contributed by atoms with Crippen LogP contribution in [0.15, 0.2) is 291 Å². The number of hydrogen-bond donors (Lipinski definition) is 0. The first kappa shape index (κ1) is 64.8. The number of rotatable bonds is 6. The van der Waals surface area contributed by atoms with Crippen molar-refractivity contribution >= 4 is 0 Å². The minimum Gasteiger partial charge on any atom is -0.192 e. The normalized spacial score (nSPS) is 9.82. The van der Waals surface area contributed by atoms with Gasteiger partial charge < -0.3 is 0 Å². The zero-order chi connectivity index (χ0) is 70.0. The van der Waals surface area contributed by atoms with Crippen LogP contribution >= 0.6 is 0 Å². The van der Waals surface area contributed by atoms with Crippen LogP contribution in [0.2, 0.25) is 0 Å². The van der Waals surface area contributed by atoms with Gasteiger partial charge in [-0.25, -0.2) is 0 Å². The Morgan fingerprint density at radius 1 is 0.127 bits per heavy atom. The van der Waals surface area contributed by atoms with Crippen molar-refractivity contribution < 1.29 is 0 Å². The Kier molecular flexibility index (Phi) is 19.5. The molecule has 0 unspecified atom stereocenters. The van der Waals surface area contributed by atoms with Gasteiger partial charge in [0.25, 0.3) is 0 Å². The van der Waals surface area contributed by atoms with Crippen LogP contribution in [0.3, 0.4) is 0 Å². The first-order chi connectivity index (χ1) is 50.2. The highest BCUT2D eigenvalue weighted by Gasteiger charge is 2.29. The van der Waals surface area contributed by atoms with Crippen LogP contribution in [-0.2, 0) is 0 Å². The van der Waals surface area contributed by atoms with E-state index in [2.05, 4.69) is 180 Å². The van der Waals surface area contributed by atoms with Crippen molar-refractivity contribution in [1.82, 2.24) is 0 Å². The summed E-state index contributed by atoms with van der Waals surface area (Å²) in [6.45, 7) is 0. The molecule has 0 amide bonds. The number of hydrogen-bond acceptors (Lipinski definition) is 6. The molecule has 0 aromatic heterocycles. The van der Waals surface area contributed by atoms with Gasteiger partial charge in [0.1, 0.15) is 0 Å². The highest BCUT2D eigenvalue weighted by molar-refractivity contribution is 6.15. The summed E-state index contributed by atoms with van der Waals surface area (Å²) in [5.41, 5.74) is 22.3. The smallest absolute Gasteiger partial charge is 0.0992 e. The van der Waals surface area contributed by atoms with Gasteiger partial charge in [0.2, 0.25) is 0 Å². The number of nitriles is 6. The van der Waals surface area contributed by atoms with E-state index in [1.54, 1.807) is 72.8 Å². The van der Waals surface area contributed by atoms with Gasteiger partial charge in [0.15, 0.2) is 0 Å². The molecule has 13 aromatic carbocycles. The molecule has 13 aromatic rings. The van der Waals surface area contributed by atoms with Crippen LogP contribution in [0.1, 0.15) is 100 Å². The molecule has 0 bridgehead atoms. The van der Waals surface area contributed by atoms with Crippen molar-refractivity contribution in [3.63, 3.8) is 0 Å². The molecule has 0 saturated carbocycles. The lowest BCUT2D eigenvalue weighted by molar-refractivity contribution is 1.47. The molecule has 6 heteroatoms. The fraction of sp³-hybridized carbons (Fsp3) is 0. The SMILES string of the molecule is N#Cc1cccc(C#Cc2ccc(-c3c(-c4ccc(C#Cc5cccc(C#N)c5)cc4)c(-c4ccc(C#Cc5cccc(C#N)c5)cc4)c(-c4ccc(C#Cc5cccc(C#N)c5)cc4)c(-c4ccc(C#Cc5cccc(C#N)c5)cc4)c3-c3ccc(C#Cc4cccc(C#N)c4)cc3)cc2)c1. The van der Waals surface area contributed by atoms with Crippen molar-refractivity contribution in [3.05, 3.63) is 391 Å². The Hall–Kier alpha value is -15.8. The lowest BCUT2D eigenvalue weighted by atomic mass is 9.74. The molecule has 0 aliphatic heterocycles. The average Bonchev–Trinajstić information content (AvgIpc) is 0.715. The molecule has 0 saturated heterocycles. The van der Waals surface area contributed by atoms with Gasteiger partial charge in [-0.05, 0) is 249 Å². The minimum atomic E-state index is 0.515. The molecule has 102 heavy (non-hydrogen) atoms. The van der Waals surface area contributed by atoms with Gasteiger partial charge in [-0.1, -0.05) is 180 Å². The zero-order valence-electron chi connectivity index (χ0n) is 54.4. The van der Waals surface area contributed by atoms with Crippen molar-refractivity contribution in [2.45, 2.75) is 0 Å². The molecule has 462 valence electrons. The van der Waals surface area contributed by atoms with Crippen molar-refractivity contribution in [2.75, 3.05) is 0 Å². The summed E-state index contributed by atoms with van der Waals surface area (Å²) in [5.74, 6) is 39.9. The fourth-order valence-electron chi connectivity index (χ4n) is 11.7. The average molecular weight is 1290 g/mol. The van der Waals surface area contributed by atoms with Gasteiger partial charge in [0, 0.05) is 66.8 Å². The van der Waals surface area contributed by atoms with Crippen LogP contribution in [0.5, 0.6) is 0 Å². The third kappa shape index (κ3) is 15.4. The van der Waals surface area contributed by atoms with E-state index in [0.717, 1.165) is 100 Å². The highest BCUT2D eigenvalue weighted by Crippen LogP contribution is 2.56. The Labute approximate surface area is 593 Å². The van der Waals surface area contributed by atoms with Crippen molar-refractivity contribution in [1.29, 1.82) is 31.6 Å². The van der Waals surface area contributed by atoms with E-state index in [0.29, 0.717) is 66.8 Å². The van der Waals surface area contributed by atoms with Crippen LogP contribution in [0.25, 0.3) is 66.8 Å². The lowest BCUT2D eigenvalue weighted by Gasteiger charge is -2.29. The Morgan fingerprint density at radius 2 is 0.245 bits per heavy atom. The Bertz CT molecular complexity index is 5170. The van der Waals surface area contributed by atoms with Crippen LogP contribution < -0.4 is 0 Å². The van der Waals surface area contributed by atoms with Crippen molar-refractivity contribution in [2.24, 2.45) is 0 Å². The van der Waals surface area contributed by atoms with Crippen molar-refractivity contribution in [3.8, 4) is 174 Å². The predicted molar refractivity (Wildman–Crippen MR) is 402 cm³/mol. The zero-order valence-corrected chi connectivity index (χ0v) is 54.4. The largest absolute Gasteiger partial charge is 0.192 e. The molecule has 0 spiro atoms. The lowest BCUT2D eigenvalue weighted by Crippen LogP contribution is -2.02. The van der Waals surface area contributed by atoms with E-state index >= 15 is 0 Å². The summed E-state index contributed by atoms with van der Waals surface area (Å²) in [5, 5.41) is 58.5. The molecule has 0 aliphatic rings. The van der Waals surface area contributed by atoms with E-state index in [4.69, 9.17) is 0 Å².